The van der Waals surface area contributed by atoms with Crippen molar-refractivity contribution in [2.45, 2.75) is 26.4 Å². The number of carboxylic acid groups (broad SMARTS) is 1. The number of rotatable bonds is 3. The van der Waals surface area contributed by atoms with E-state index < -0.39 is 12.1 Å². The molecular formula is C10H15NO3. The molecule has 0 aromatic heterocycles. The maximum absolute atomic E-state index is 10.2. The monoisotopic (exact) mass is 197 g/mol. The minimum absolute atomic E-state index is 0.279. The van der Waals surface area contributed by atoms with E-state index in [2.05, 4.69) is 6.58 Å². The number of nitrogens with zero attached hydrogens (tertiary/aromatic N) is 1. The molecule has 0 heterocycles. The third-order valence-corrected chi connectivity index (χ3v) is 1.19. The van der Waals surface area contributed by atoms with Gasteiger partial charge in [0.1, 0.15) is 0 Å². The topological polar surface area (TPSA) is 81.3 Å². The van der Waals surface area contributed by atoms with Gasteiger partial charge in [-0.1, -0.05) is 12.7 Å². The molecule has 4 nitrogen and oxygen atoms in total. The van der Waals surface area contributed by atoms with Crippen LogP contribution in [0.15, 0.2) is 24.3 Å². The molecule has 1 unspecified atom stereocenters. The summed E-state index contributed by atoms with van der Waals surface area (Å²) in [5, 5.41) is 24.6. The number of nitriles is 1. The van der Waals surface area contributed by atoms with Crippen LogP contribution in [0.2, 0.25) is 0 Å². The Morgan fingerprint density at radius 3 is 2.36 bits per heavy atom. The fraction of sp³-hybridized carbons (Fsp3) is 0.400. The van der Waals surface area contributed by atoms with Gasteiger partial charge in [0.2, 0.25) is 0 Å². The van der Waals surface area contributed by atoms with Crippen molar-refractivity contribution in [2.75, 3.05) is 0 Å². The Hall–Kier alpha value is -1.60. The molecule has 0 aliphatic rings. The molecule has 0 saturated carbocycles. The summed E-state index contributed by atoms with van der Waals surface area (Å²) >= 11 is 0. The first-order valence-corrected chi connectivity index (χ1v) is 4.04. The third kappa shape index (κ3) is 13.0. The van der Waals surface area contributed by atoms with Gasteiger partial charge >= 0.3 is 5.97 Å². The standard InChI is InChI=1S/C7H12O3.C3H3N/c1-5(7(9)10)3-4-6(2)8;1-2-3-4/h3,6,8H,4H2,1-2H3,(H,9,10);2H,1H2/b5-3+;. The highest BCUT2D eigenvalue weighted by Crippen LogP contribution is 1.97. The molecule has 0 radical (unpaired) electrons. The SMILES string of the molecule is C/C(=C\CC(C)O)C(=O)O.C=CC#N. The first kappa shape index (κ1) is 14.9. The van der Waals surface area contributed by atoms with Crippen molar-refractivity contribution >= 4 is 5.97 Å². The first-order valence-electron chi connectivity index (χ1n) is 4.04. The molecule has 0 aromatic rings. The first-order chi connectivity index (χ1) is 6.45. The van der Waals surface area contributed by atoms with Crippen molar-refractivity contribution in [2.24, 2.45) is 0 Å². The lowest BCUT2D eigenvalue weighted by Crippen LogP contribution is -2.00. The second kappa shape index (κ2) is 9.49. The van der Waals surface area contributed by atoms with Gasteiger partial charge in [0.05, 0.1) is 12.2 Å². The van der Waals surface area contributed by atoms with E-state index in [9.17, 15) is 4.79 Å². The van der Waals surface area contributed by atoms with Crippen LogP contribution in [0.1, 0.15) is 20.3 Å². The predicted octanol–water partition coefficient (Wildman–Crippen LogP) is 1.48. The Morgan fingerprint density at radius 1 is 1.71 bits per heavy atom. The molecule has 0 spiro atoms. The molecule has 0 rings (SSSR count). The van der Waals surface area contributed by atoms with Crippen molar-refractivity contribution in [1.82, 2.24) is 0 Å². The van der Waals surface area contributed by atoms with Gasteiger partial charge in [-0.2, -0.15) is 5.26 Å². The zero-order chi connectivity index (χ0) is 11.6. The summed E-state index contributed by atoms with van der Waals surface area (Å²) in [5.41, 5.74) is 0.279. The third-order valence-electron chi connectivity index (χ3n) is 1.19. The molecule has 0 amide bonds. The van der Waals surface area contributed by atoms with Gasteiger partial charge in [-0.25, -0.2) is 4.79 Å². The molecule has 0 fully saturated rings. The molecule has 1 atom stereocenters. The maximum atomic E-state index is 10.2. The van der Waals surface area contributed by atoms with Crippen LogP contribution in [-0.4, -0.2) is 22.3 Å². The molecule has 0 saturated heterocycles. The number of carbonyl (C=O) groups is 1. The highest BCUT2D eigenvalue weighted by molar-refractivity contribution is 5.85. The van der Waals surface area contributed by atoms with Crippen molar-refractivity contribution in [3.8, 4) is 6.07 Å². The number of carboxylic acids is 1. The summed E-state index contributed by atoms with van der Waals surface area (Å²) in [5.74, 6) is -0.930. The maximum Gasteiger partial charge on any atom is 0.330 e. The highest BCUT2D eigenvalue weighted by atomic mass is 16.4. The Kier molecular flexibility index (Phi) is 10.1. The molecule has 0 aliphatic heterocycles. The van der Waals surface area contributed by atoms with Crippen molar-refractivity contribution in [3.63, 3.8) is 0 Å². The fourth-order valence-corrected chi connectivity index (χ4v) is 0.435. The molecule has 0 bridgehead atoms. The summed E-state index contributed by atoms with van der Waals surface area (Å²) < 4.78 is 0. The Labute approximate surface area is 83.8 Å². The molecule has 0 aliphatic carbocycles. The summed E-state index contributed by atoms with van der Waals surface area (Å²) in [6.45, 7) is 6.24. The normalized spacial score (nSPS) is 11.7. The predicted molar refractivity (Wildman–Crippen MR) is 53.5 cm³/mol. The van der Waals surface area contributed by atoms with Gasteiger partial charge in [0.15, 0.2) is 0 Å². The summed E-state index contributed by atoms with van der Waals surface area (Å²) in [6.07, 6.45) is 2.62. The Morgan fingerprint density at radius 2 is 2.14 bits per heavy atom. The van der Waals surface area contributed by atoms with E-state index in [1.54, 1.807) is 13.0 Å². The van der Waals surface area contributed by atoms with E-state index in [1.807, 2.05) is 0 Å². The van der Waals surface area contributed by atoms with Gasteiger partial charge in [-0.15, -0.1) is 0 Å². The van der Waals surface area contributed by atoms with Crippen LogP contribution in [0.5, 0.6) is 0 Å². The molecular weight excluding hydrogens is 182 g/mol. The quantitative estimate of drug-likeness (QED) is 0.530. The minimum atomic E-state index is -0.930. The van der Waals surface area contributed by atoms with Crippen LogP contribution in [0, 0.1) is 11.3 Å². The Balaban J connectivity index is 0. The van der Waals surface area contributed by atoms with Crippen LogP contribution in [0.4, 0.5) is 0 Å². The number of aliphatic carboxylic acids is 1. The lowest BCUT2D eigenvalue weighted by Gasteiger charge is -1.97. The fourth-order valence-electron chi connectivity index (χ4n) is 0.435. The van der Waals surface area contributed by atoms with Gasteiger partial charge in [-0.05, 0) is 20.3 Å². The lowest BCUT2D eigenvalue weighted by molar-refractivity contribution is -0.132. The molecule has 4 heteroatoms. The van der Waals surface area contributed by atoms with Gasteiger partial charge < -0.3 is 10.2 Å². The van der Waals surface area contributed by atoms with E-state index in [0.29, 0.717) is 6.42 Å². The number of aliphatic hydroxyl groups excluding tert-OH is 1. The second-order valence-electron chi connectivity index (χ2n) is 2.61. The molecule has 0 aromatic carbocycles. The number of allylic oxidation sites excluding steroid dienone is 1. The van der Waals surface area contributed by atoms with Crippen LogP contribution in [0.3, 0.4) is 0 Å². The summed E-state index contributed by atoms with van der Waals surface area (Å²) in [4.78, 5) is 10.2. The van der Waals surface area contributed by atoms with Crippen molar-refractivity contribution in [3.05, 3.63) is 24.3 Å². The van der Waals surface area contributed by atoms with Gasteiger partial charge in [0, 0.05) is 11.6 Å². The smallest absolute Gasteiger partial charge is 0.330 e. The van der Waals surface area contributed by atoms with Gasteiger partial charge in [0.25, 0.3) is 0 Å². The average Bonchev–Trinajstić information content (AvgIpc) is 2.14. The summed E-state index contributed by atoms with van der Waals surface area (Å²) in [7, 11) is 0. The molecule has 78 valence electrons. The van der Waals surface area contributed by atoms with Crippen molar-refractivity contribution in [1.29, 1.82) is 5.26 Å². The van der Waals surface area contributed by atoms with Crippen LogP contribution < -0.4 is 0 Å². The molecule has 2 N–H and O–H groups in total. The largest absolute Gasteiger partial charge is 0.478 e. The van der Waals surface area contributed by atoms with E-state index in [4.69, 9.17) is 15.5 Å². The number of hydrogen-bond acceptors (Lipinski definition) is 3. The summed E-state index contributed by atoms with van der Waals surface area (Å²) in [6, 6.07) is 1.69. The van der Waals surface area contributed by atoms with E-state index in [0.717, 1.165) is 0 Å². The zero-order valence-corrected chi connectivity index (χ0v) is 8.40. The molecule has 14 heavy (non-hydrogen) atoms. The van der Waals surface area contributed by atoms with E-state index >= 15 is 0 Å². The Bertz CT molecular complexity index is 249. The lowest BCUT2D eigenvalue weighted by atomic mass is 10.2. The number of aliphatic hydroxyl groups is 1. The highest BCUT2D eigenvalue weighted by Gasteiger charge is 1.99. The zero-order valence-electron chi connectivity index (χ0n) is 8.40. The van der Waals surface area contributed by atoms with Crippen LogP contribution >= 0.6 is 0 Å². The van der Waals surface area contributed by atoms with Crippen molar-refractivity contribution < 1.29 is 15.0 Å². The average molecular weight is 197 g/mol. The second-order valence-corrected chi connectivity index (χ2v) is 2.61. The van der Waals surface area contributed by atoms with Crippen LogP contribution in [-0.2, 0) is 4.79 Å². The van der Waals surface area contributed by atoms with Gasteiger partial charge in [-0.3, -0.25) is 0 Å². The minimum Gasteiger partial charge on any atom is -0.478 e. The van der Waals surface area contributed by atoms with Crippen LogP contribution in [0.25, 0.3) is 0 Å². The van der Waals surface area contributed by atoms with E-state index in [-0.39, 0.29) is 5.57 Å². The number of hydrogen-bond donors (Lipinski definition) is 2. The van der Waals surface area contributed by atoms with E-state index in [1.165, 1.54) is 19.1 Å².